The third-order valence-electron chi connectivity index (χ3n) is 2.06. The predicted molar refractivity (Wildman–Crippen MR) is 59.5 cm³/mol. The fourth-order valence-electron chi connectivity index (χ4n) is 1.18. The van der Waals surface area contributed by atoms with Crippen LogP contribution in [0.1, 0.15) is 6.42 Å². The van der Waals surface area contributed by atoms with E-state index in [1.807, 2.05) is 0 Å². The van der Waals surface area contributed by atoms with Gasteiger partial charge in [0.1, 0.15) is 5.82 Å². The first-order chi connectivity index (χ1) is 7.63. The first kappa shape index (κ1) is 12.6. The minimum atomic E-state index is -0.650. The lowest BCUT2D eigenvalue weighted by Crippen LogP contribution is -2.36. The number of nitrogens with one attached hydrogen (secondary N) is 1. The van der Waals surface area contributed by atoms with Crippen LogP contribution in [-0.2, 0) is 9.53 Å². The van der Waals surface area contributed by atoms with Crippen LogP contribution in [-0.4, -0.2) is 25.7 Å². The highest BCUT2D eigenvalue weighted by Crippen LogP contribution is 2.09. The van der Waals surface area contributed by atoms with Crippen LogP contribution in [0.4, 0.5) is 10.1 Å². The molecule has 3 N–H and O–H groups in total. The summed E-state index contributed by atoms with van der Waals surface area (Å²) in [6, 6.07) is 5.01. The van der Waals surface area contributed by atoms with Gasteiger partial charge in [-0.2, -0.15) is 0 Å². The van der Waals surface area contributed by atoms with Crippen molar-refractivity contribution in [1.29, 1.82) is 0 Å². The Balaban J connectivity index is 2.50. The Bertz CT molecular complexity index is 358. The summed E-state index contributed by atoms with van der Waals surface area (Å²) in [6.07, 6.45) is 0.428. The van der Waals surface area contributed by atoms with Gasteiger partial charge in [0.25, 0.3) is 0 Å². The zero-order valence-electron chi connectivity index (χ0n) is 9.07. The summed E-state index contributed by atoms with van der Waals surface area (Å²) in [4.78, 5) is 11.5. The van der Waals surface area contributed by atoms with Gasteiger partial charge in [-0.05, 0) is 24.6 Å². The Kier molecular flexibility index (Phi) is 4.88. The van der Waals surface area contributed by atoms with E-state index in [9.17, 15) is 9.18 Å². The third kappa shape index (κ3) is 3.96. The molecule has 16 heavy (non-hydrogen) atoms. The molecule has 1 unspecified atom stereocenters. The van der Waals surface area contributed by atoms with Crippen LogP contribution in [0.3, 0.4) is 0 Å². The number of carbonyl (C=O) groups is 1. The average molecular weight is 226 g/mol. The van der Waals surface area contributed by atoms with E-state index >= 15 is 0 Å². The van der Waals surface area contributed by atoms with Gasteiger partial charge in [-0.1, -0.05) is 6.07 Å². The van der Waals surface area contributed by atoms with Crippen molar-refractivity contribution in [2.75, 3.05) is 19.0 Å². The lowest BCUT2D eigenvalue weighted by molar-refractivity contribution is -0.117. The molecule has 1 rings (SSSR count). The Morgan fingerprint density at radius 3 is 3.00 bits per heavy atom. The van der Waals surface area contributed by atoms with Crippen LogP contribution in [0.25, 0.3) is 0 Å². The molecule has 88 valence electrons. The zero-order valence-corrected chi connectivity index (χ0v) is 9.07. The van der Waals surface area contributed by atoms with Crippen molar-refractivity contribution in [3.05, 3.63) is 30.1 Å². The number of hydrogen-bond acceptors (Lipinski definition) is 3. The normalized spacial score (nSPS) is 12.2. The number of hydrogen-bond donors (Lipinski definition) is 2. The standard InChI is InChI=1S/C11H15FN2O2/c1-16-6-5-10(13)11(15)14-9-4-2-3-8(12)7-9/h2-4,7,10H,5-6,13H2,1H3,(H,14,15). The molecule has 5 heteroatoms. The summed E-state index contributed by atoms with van der Waals surface area (Å²) in [5.74, 6) is -0.745. The van der Waals surface area contributed by atoms with Crippen molar-refractivity contribution in [3.8, 4) is 0 Å². The van der Waals surface area contributed by atoms with Gasteiger partial charge in [-0.25, -0.2) is 4.39 Å². The summed E-state index contributed by atoms with van der Waals surface area (Å²) in [5.41, 5.74) is 6.00. The molecule has 0 bridgehead atoms. The van der Waals surface area contributed by atoms with Gasteiger partial charge in [-0.3, -0.25) is 4.79 Å². The summed E-state index contributed by atoms with van der Waals surface area (Å²) in [7, 11) is 1.54. The highest BCUT2D eigenvalue weighted by molar-refractivity contribution is 5.94. The zero-order chi connectivity index (χ0) is 12.0. The second-order valence-electron chi connectivity index (χ2n) is 3.39. The minimum Gasteiger partial charge on any atom is -0.385 e. The number of ether oxygens (including phenoxy) is 1. The van der Waals surface area contributed by atoms with Gasteiger partial charge in [0.15, 0.2) is 0 Å². The number of benzene rings is 1. The summed E-state index contributed by atoms with van der Waals surface area (Å²) in [6.45, 7) is 0.414. The molecule has 0 fully saturated rings. The molecule has 1 amide bonds. The first-order valence-electron chi connectivity index (χ1n) is 4.94. The van der Waals surface area contributed by atoms with E-state index in [-0.39, 0.29) is 5.91 Å². The fraction of sp³-hybridized carbons (Fsp3) is 0.364. The van der Waals surface area contributed by atoms with Gasteiger partial charge in [0.05, 0.1) is 6.04 Å². The summed E-state index contributed by atoms with van der Waals surface area (Å²) >= 11 is 0. The maximum absolute atomic E-state index is 12.8. The van der Waals surface area contributed by atoms with Crippen LogP contribution >= 0.6 is 0 Å². The van der Waals surface area contributed by atoms with E-state index in [2.05, 4.69) is 5.32 Å². The van der Waals surface area contributed by atoms with Crippen LogP contribution in [0.5, 0.6) is 0 Å². The Morgan fingerprint density at radius 2 is 2.38 bits per heavy atom. The van der Waals surface area contributed by atoms with Crippen LogP contribution in [0.15, 0.2) is 24.3 Å². The Hall–Kier alpha value is -1.46. The fourth-order valence-corrected chi connectivity index (χ4v) is 1.18. The number of anilines is 1. The molecule has 4 nitrogen and oxygen atoms in total. The number of amides is 1. The van der Waals surface area contributed by atoms with Crippen molar-refractivity contribution in [3.63, 3.8) is 0 Å². The topological polar surface area (TPSA) is 64.3 Å². The molecule has 1 aromatic rings. The van der Waals surface area contributed by atoms with Crippen molar-refractivity contribution in [2.24, 2.45) is 5.73 Å². The molecule has 0 heterocycles. The molecule has 0 radical (unpaired) electrons. The predicted octanol–water partition coefficient (Wildman–Crippen LogP) is 1.13. The molecule has 0 aromatic heterocycles. The quantitative estimate of drug-likeness (QED) is 0.791. The van der Waals surface area contributed by atoms with Crippen LogP contribution in [0.2, 0.25) is 0 Å². The molecule has 0 aliphatic heterocycles. The minimum absolute atomic E-state index is 0.345. The second kappa shape index (κ2) is 6.19. The van der Waals surface area contributed by atoms with Gasteiger partial charge >= 0.3 is 0 Å². The smallest absolute Gasteiger partial charge is 0.241 e. The SMILES string of the molecule is COCCC(N)C(=O)Nc1cccc(F)c1. The molecule has 1 aromatic carbocycles. The molecular weight excluding hydrogens is 211 g/mol. The molecule has 0 saturated heterocycles. The van der Waals surface area contributed by atoms with E-state index in [0.29, 0.717) is 18.7 Å². The molecular formula is C11H15FN2O2. The largest absolute Gasteiger partial charge is 0.385 e. The average Bonchev–Trinajstić information content (AvgIpc) is 2.25. The monoisotopic (exact) mass is 226 g/mol. The van der Waals surface area contributed by atoms with Crippen molar-refractivity contribution < 1.29 is 13.9 Å². The number of nitrogens with two attached hydrogens (primary N) is 1. The summed E-state index contributed by atoms with van der Waals surface area (Å²) in [5, 5.41) is 2.53. The van der Waals surface area contributed by atoms with Crippen LogP contribution < -0.4 is 11.1 Å². The van der Waals surface area contributed by atoms with Crippen molar-refractivity contribution in [2.45, 2.75) is 12.5 Å². The van der Waals surface area contributed by atoms with Crippen LogP contribution in [0, 0.1) is 5.82 Å². The molecule has 0 aliphatic rings. The van der Waals surface area contributed by atoms with E-state index < -0.39 is 11.9 Å². The molecule has 1 atom stereocenters. The number of methoxy groups -OCH3 is 1. The van der Waals surface area contributed by atoms with E-state index in [0.717, 1.165) is 0 Å². The molecule has 0 spiro atoms. The lowest BCUT2D eigenvalue weighted by atomic mass is 10.2. The highest BCUT2D eigenvalue weighted by atomic mass is 19.1. The highest BCUT2D eigenvalue weighted by Gasteiger charge is 2.13. The number of halogens is 1. The maximum atomic E-state index is 12.8. The summed E-state index contributed by atoms with van der Waals surface area (Å²) < 4.78 is 17.6. The van der Waals surface area contributed by atoms with Crippen molar-refractivity contribution in [1.82, 2.24) is 0 Å². The van der Waals surface area contributed by atoms with E-state index in [1.165, 1.54) is 25.3 Å². The molecule has 0 saturated carbocycles. The van der Waals surface area contributed by atoms with E-state index in [1.54, 1.807) is 6.07 Å². The Morgan fingerprint density at radius 1 is 1.62 bits per heavy atom. The number of carbonyl (C=O) groups excluding carboxylic acids is 1. The second-order valence-corrected chi connectivity index (χ2v) is 3.39. The van der Waals surface area contributed by atoms with Crippen molar-refractivity contribution >= 4 is 11.6 Å². The van der Waals surface area contributed by atoms with Gasteiger partial charge in [0, 0.05) is 19.4 Å². The molecule has 0 aliphatic carbocycles. The number of rotatable bonds is 5. The lowest BCUT2D eigenvalue weighted by Gasteiger charge is -2.11. The van der Waals surface area contributed by atoms with Gasteiger partial charge < -0.3 is 15.8 Å². The van der Waals surface area contributed by atoms with Gasteiger partial charge in [-0.15, -0.1) is 0 Å². The Labute approximate surface area is 93.6 Å². The van der Waals surface area contributed by atoms with Gasteiger partial charge in [0.2, 0.25) is 5.91 Å². The van der Waals surface area contributed by atoms with E-state index in [4.69, 9.17) is 10.5 Å². The first-order valence-corrected chi connectivity index (χ1v) is 4.94. The third-order valence-corrected chi connectivity index (χ3v) is 2.06. The maximum Gasteiger partial charge on any atom is 0.241 e.